The summed E-state index contributed by atoms with van der Waals surface area (Å²) in [7, 11) is 0.224. The van der Waals surface area contributed by atoms with Crippen LogP contribution in [0.4, 0.5) is 5.69 Å². The molecule has 0 heterocycles. The average Bonchev–Trinajstić information content (AvgIpc) is 2.62. The van der Waals surface area contributed by atoms with Gasteiger partial charge in [0.2, 0.25) is 10.0 Å². The van der Waals surface area contributed by atoms with Gasteiger partial charge in [-0.05, 0) is 76.3 Å². The van der Waals surface area contributed by atoms with Gasteiger partial charge in [0.25, 0.3) is 5.91 Å². The molecule has 146 valence electrons. The van der Waals surface area contributed by atoms with Gasteiger partial charge in [-0.3, -0.25) is 4.79 Å². The standard InChI is InChI=1S/C20H27N3O3S/c1-15-8-5-11-19(16(15)2)22-20(24)17-9-6-10-18(14-17)27(25,26)21-12-7-13-23(3)4/h5-6,8-11,14,21H,7,12-13H2,1-4H3,(H,22,24). The highest BCUT2D eigenvalue weighted by Gasteiger charge is 2.16. The summed E-state index contributed by atoms with van der Waals surface area (Å²) >= 11 is 0. The lowest BCUT2D eigenvalue weighted by molar-refractivity contribution is 0.102. The normalized spacial score (nSPS) is 11.6. The van der Waals surface area contributed by atoms with Crippen LogP contribution in [0.15, 0.2) is 47.4 Å². The van der Waals surface area contributed by atoms with Gasteiger partial charge in [-0.25, -0.2) is 13.1 Å². The van der Waals surface area contributed by atoms with E-state index in [2.05, 4.69) is 10.0 Å². The fraction of sp³-hybridized carbons (Fsp3) is 0.350. The van der Waals surface area contributed by atoms with E-state index in [9.17, 15) is 13.2 Å². The van der Waals surface area contributed by atoms with Crippen molar-refractivity contribution in [2.24, 2.45) is 0 Å². The van der Waals surface area contributed by atoms with Crippen molar-refractivity contribution in [1.29, 1.82) is 0 Å². The van der Waals surface area contributed by atoms with E-state index in [4.69, 9.17) is 0 Å². The van der Waals surface area contributed by atoms with Crippen LogP contribution in [0.2, 0.25) is 0 Å². The zero-order valence-corrected chi connectivity index (χ0v) is 17.1. The van der Waals surface area contributed by atoms with Crippen molar-refractivity contribution in [3.8, 4) is 0 Å². The summed E-state index contributed by atoms with van der Waals surface area (Å²) in [5.41, 5.74) is 3.07. The molecule has 2 aromatic carbocycles. The lowest BCUT2D eigenvalue weighted by Crippen LogP contribution is -2.27. The van der Waals surface area contributed by atoms with Crippen molar-refractivity contribution in [3.05, 3.63) is 59.2 Å². The molecule has 0 fully saturated rings. The van der Waals surface area contributed by atoms with Crippen molar-refractivity contribution < 1.29 is 13.2 Å². The lowest BCUT2D eigenvalue weighted by Gasteiger charge is -2.12. The number of carbonyl (C=O) groups is 1. The number of carbonyl (C=O) groups excluding carboxylic acids is 1. The molecular formula is C20H27N3O3S. The molecule has 0 aliphatic rings. The zero-order valence-electron chi connectivity index (χ0n) is 16.2. The molecule has 7 heteroatoms. The molecule has 6 nitrogen and oxygen atoms in total. The second-order valence-electron chi connectivity index (χ2n) is 6.78. The van der Waals surface area contributed by atoms with Gasteiger partial charge in [-0.2, -0.15) is 0 Å². The minimum atomic E-state index is -3.65. The Kier molecular flexibility index (Phi) is 7.12. The molecule has 27 heavy (non-hydrogen) atoms. The summed E-state index contributed by atoms with van der Waals surface area (Å²) in [6.07, 6.45) is 0.707. The summed E-state index contributed by atoms with van der Waals surface area (Å²) in [5.74, 6) is -0.339. The first-order valence-electron chi connectivity index (χ1n) is 8.83. The van der Waals surface area contributed by atoms with Crippen molar-refractivity contribution >= 4 is 21.6 Å². The highest BCUT2D eigenvalue weighted by atomic mass is 32.2. The van der Waals surface area contributed by atoms with Crippen molar-refractivity contribution in [2.75, 3.05) is 32.5 Å². The monoisotopic (exact) mass is 389 g/mol. The number of nitrogens with one attached hydrogen (secondary N) is 2. The Bertz CT molecular complexity index is 908. The fourth-order valence-corrected chi connectivity index (χ4v) is 3.69. The highest BCUT2D eigenvalue weighted by Crippen LogP contribution is 2.19. The number of aryl methyl sites for hydroxylation is 1. The van der Waals surface area contributed by atoms with Crippen molar-refractivity contribution in [1.82, 2.24) is 9.62 Å². The Labute approximate surface area is 161 Å². The largest absolute Gasteiger partial charge is 0.322 e. The van der Waals surface area contributed by atoms with Gasteiger partial charge < -0.3 is 10.2 Å². The number of hydrogen-bond acceptors (Lipinski definition) is 4. The molecule has 0 aliphatic heterocycles. The van der Waals surface area contributed by atoms with Crippen LogP contribution in [0.5, 0.6) is 0 Å². The smallest absolute Gasteiger partial charge is 0.255 e. The van der Waals surface area contributed by atoms with E-state index in [0.29, 0.717) is 18.5 Å². The molecule has 1 amide bonds. The Morgan fingerprint density at radius 2 is 1.78 bits per heavy atom. The van der Waals surface area contributed by atoms with E-state index in [1.165, 1.54) is 12.1 Å². The van der Waals surface area contributed by atoms with Crippen LogP contribution in [0, 0.1) is 13.8 Å². The molecule has 0 bridgehead atoms. The third kappa shape index (κ3) is 5.89. The predicted octanol–water partition coefficient (Wildman–Crippen LogP) is 2.79. The highest BCUT2D eigenvalue weighted by molar-refractivity contribution is 7.89. The number of amides is 1. The molecule has 0 spiro atoms. The quantitative estimate of drug-likeness (QED) is 0.681. The number of anilines is 1. The van der Waals surface area contributed by atoms with Crippen LogP contribution in [0.1, 0.15) is 27.9 Å². The van der Waals surface area contributed by atoms with Crippen LogP contribution < -0.4 is 10.0 Å². The maximum absolute atomic E-state index is 12.6. The molecule has 0 atom stereocenters. The Morgan fingerprint density at radius 1 is 1.07 bits per heavy atom. The molecule has 0 saturated carbocycles. The Hall–Kier alpha value is -2.22. The molecule has 2 aromatic rings. The number of benzene rings is 2. The molecule has 0 saturated heterocycles. The fourth-order valence-electron chi connectivity index (χ4n) is 2.57. The first-order chi connectivity index (χ1) is 12.7. The van der Waals surface area contributed by atoms with E-state index < -0.39 is 10.0 Å². The molecular weight excluding hydrogens is 362 g/mol. The zero-order chi connectivity index (χ0) is 20.0. The number of nitrogens with zero attached hydrogens (tertiary/aromatic N) is 1. The minimum absolute atomic E-state index is 0.0842. The van der Waals surface area contributed by atoms with E-state index in [0.717, 1.165) is 23.4 Å². The summed E-state index contributed by atoms with van der Waals surface area (Å²) in [6.45, 7) is 5.05. The van der Waals surface area contributed by atoms with E-state index in [1.807, 2.05) is 51.0 Å². The van der Waals surface area contributed by atoms with Crippen LogP contribution in [-0.2, 0) is 10.0 Å². The van der Waals surface area contributed by atoms with Crippen LogP contribution >= 0.6 is 0 Å². The summed E-state index contributed by atoms with van der Waals surface area (Å²) in [5, 5.41) is 2.85. The number of hydrogen-bond donors (Lipinski definition) is 2. The van der Waals surface area contributed by atoms with E-state index >= 15 is 0 Å². The minimum Gasteiger partial charge on any atom is -0.322 e. The van der Waals surface area contributed by atoms with E-state index in [-0.39, 0.29) is 10.8 Å². The maximum atomic E-state index is 12.6. The topological polar surface area (TPSA) is 78.5 Å². The molecule has 0 unspecified atom stereocenters. The third-order valence-electron chi connectivity index (χ3n) is 4.33. The van der Waals surface area contributed by atoms with Gasteiger partial charge in [0.05, 0.1) is 4.90 Å². The summed E-state index contributed by atoms with van der Waals surface area (Å²) < 4.78 is 27.5. The molecule has 0 radical (unpaired) electrons. The second kappa shape index (κ2) is 9.12. The maximum Gasteiger partial charge on any atom is 0.255 e. The van der Waals surface area contributed by atoms with Gasteiger partial charge in [0.1, 0.15) is 0 Å². The van der Waals surface area contributed by atoms with Crippen molar-refractivity contribution in [2.45, 2.75) is 25.2 Å². The number of sulfonamides is 1. The Balaban J connectivity index is 2.11. The summed E-state index contributed by atoms with van der Waals surface area (Å²) in [6, 6.07) is 11.7. The predicted molar refractivity (Wildman–Crippen MR) is 109 cm³/mol. The van der Waals surface area contributed by atoms with E-state index in [1.54, 1.807) is 12.1 Å². The summed E-state index contributed by atoms with van der Waals surface area (Å²) in [4.78, 5) is 14.6. The lowest BCUT2D eigenvalue weighted by atomic mass is 10.1. The van der Waals surface area contributed by atoms with Gasteiger partial charge in [-0.15, -0.1) is 0 Å². The second-order valence-corrected chi connectivity index (χ2v) is 8.55. The van der Waals surface area contributed by atoms with Crippen LogP contribution in [-0.4, -0.2) is 46.4 Å². The van der Waals surface area contributed by atoms with Gasteiger partial charge in [-0.1, -0.05) is 18.2 Å². The Morgan fingerprint density at radius 3 is 2.48 bits per heavy atom. The van der Waals surface area contributed by atoms with Gasteiger partial charge in [0.15, 0.2) is 0 Å². The third-order valence-corrected chi connectivity index (χ3v) is 5.79. The first-order valence-corrected chi connectivity index (χ1v) is 10.3. The van der Waals surface area contributed by atoms with Gasteiger partial charge in [0, 0.05) is 17.8 Å². The average molecular weight is 390 g/mol. The number of rotatable bonds is 8. The van der Waals surface area contributed by atoms with Crippen LogP contribution in [0.3, 0.4) is 0 Å². The molecule has 0 aromatic heterocycles. The van der Waals surface area contributed by atoms with Crippen LogP contribution in [0.25, 0.3) is 0 Å². The molecule has 2 N–H and O–H groups in total. The van der Waals surface area contributed by atoms with Gasteiger partial charge >= 0.3 is 0 Å². The molecule has 0 aliphatic carbocycles. The first kappa shape index (κ1) is 21.1. The SMILES string of the molecule is Cc1cccc(NC(=O)c2cccc(S(=O)(=O)NCCCN(C)C)c2)c1C. The molecule has 2 rings (SSSR count). The van der Waals surface area contributed by atoms with Crippen molar-refractivity contribution in [3.63, 3.8) is 0 Å².